The third kappa shape index (κ3) is 3.02. The number of amides is 1. The molecule has 0 radical (unpaired) electrons. The summed E-state index contributed by atoms with van der Waals surface area (Å²) in [5, 5.41) is 0. The highest BCUT2D eigenvalue weighted by Gasteiger charge is 2.18. The lowest BCUT2D eigenvalue weighted by Crippen LogP contribution is -2.42. The van der Waals surface area contributed by atoms with Crippen molar-refractivity contribution < 1.29 is 19.1 Å². The van der Waals surface area contributed by atoms with Crippen LogP contribution in [-0.4, -0.2) is 50.2 Å². The molecule has 0 spiro atoms. The van der Waals surface area contributed by atoms with Gasteiger partial charge in [0, 0.05) is 13.1 Å². The van der Waals surface area contributed by atoms with Gasteiger partial charge in [-0.25, -0.2) is 0 Å². The maximum atomic E-state index is 11.1. The fourth-order valence-electron chi connectivity index (χ4n) is 1.12. The summed E-state index contributed by atoms with van der Waals surface area (Å²) in [5.41, 5.74) is 0. The topological polar surface area (TPSA) is 55.8 Å². The quantitative estimate of drug-likeness (QED) is 0.554. The molecule has 1 saturated heterocycles. The van der Waals surface area contributed by atoms with E-state index in [2.05, 4.69) is 4.74 Å². The second-order valence-electron chi connectivity index (χ2n) is 2.76. The molecular formula is C8H13NO4. The van der Waals surface area contributed by atoms with E-state index in [1.54, 1.807) is 4.90 Å². The largest absolute Gasteiger partial charge is 0.469 e. The van der Waals surface area contributed by atoms with E-state index < -0.39 is 0 Å². The number of esters is 1. The normalized spacial score (nSPS) is 17.3. The number of rotatable bonds is 3. The number of carbonyl (C=O) groups is 2. The van der Waals surface area contributed by atoms with Gasteiger partial charge in [0.1, 0.15) is 6.61 Å². The number of carbonyl (C=O) groups excluding carboxylic acids is 2. The van der Waals surface area contributed by atoms with Gasteiger partial charge in [0.05, 0.1) is 20.1 Å². The average molecular weight is 187 g/mol. The Hall–Kier alpha value is -1.10. The molecule has 1 amide bonds. The molecule has 0 N–H and O–H groups in total. The second-order valence-corrected chi connectivity index (χ2v) is 2.76. The van der Waals surface area contributed by atoms with Crippen LogP contribution in [0.5, 0.6) is 0 Å². The number of nitrogens with zero attached hydrogens (tertiary/aromatic N) is 1. The van der Waals surface area contributed by atoms with Gasteiger partial charge in [0.25, 0.3) is 0 Å². The van der Waals surface area contributed by atoms with Crippen LogP contribution < -0.4 is 0 Å². The van der Waals surface area contributed by atoms with Crippen LogP contribution in [0.3, 0.4) is 0 Å². The monoisotopic (exact) mass is 187 g/mol. The molecule has 5 heteroatoms. The van der Waals surface area contributed by atoms with E-state index in [4.69, 9.17) is 4.74 Å². The molecule has 0 atom stereocenters. The minimum Gasteiger partial charge on any atom is -0.469 e. The van der Waals surface area contributed by atoms with Crippen LogP contribution >= 0.6 is 0 Å². The van der Waals surface area contributed by atoms with Crippen LogP contribution in [-0.2, 0) is 19.1 Å². The summed E-state index contributed by atoms with van der Waals surface area (Å²) in [4.78, 5) is 23.5. The highest BCUT2D eigenvalue weighted by molar-refractivity contribution is 5.78. The van der Waals surface area contributed by atoms with E-state index in [0.717, 1.165) is 0 Å². The van der Waals surface area contributed by atoms with Crippen LogP contribution in [0.1, 0.15) is 6.42 Å². The Morgan fingerprint density at radius 1 is 1.69 bits per heavy atom. The number of hydrogen-bond acceptors (Lipinski definition) is 4. The van der Waals surface area contributed by atoms with Crippen LogP contribution in [0, 0.1) is 0 Å². The molecule has 0 aromatic carbocycles. The lowest BCUT2D eigenvalue weighted by atomic mass is 10.3. The zero-order valence-corrected chi connectivity index (χ0v) is 7.62. The third-order valence-corrected chi connectivity index (χ3v) is 1.90. The third-order valence-electron chi connectivity index (χ3n) is 1.90. The molecule has 5 nitrogen and oxygen atoms in total. The SMILES string of the molecule is COC(=O)CCN1CCOCC1=O. The van der Waals surface area contributed by atoms with E-state index in [1.807, 2.05) is 0 Å². The highest BCUT2D eigenvalue weighted by Crippen LogP contribution is 2.00. The minimum atomic E-state index is -0.292. The highest BCUT2D eigenvalue weighted by atomic mass is 16.5. The molecule has 13 heavy (non-hydrogen) atoms. The van der Waals surface area contributed by atoms with Gasteiger partial charge in [-0.15, -0.1) is 0 Å². The number of methoxy groups -OCH3 is 1. The predicted molar refractivity (Wildman–Crippen MR) is 44.0 cm³/mol. The first-order chi connectivity index (χ1) is 6.24. The average Bonchev–Trinajstić information content (AvgIpc) is 2.16. The van der Waals surface area contributed by atoms with Crippen molar-refractivity contribution in [2.75, 3.05) is 33.4 Å². The number of ether oxygens (including phenoxy) is 2. The van der Waals surface area contributed by atoms with Crippen molar-refractivity contribution in [3.8, 4) is 0 Å². The molecule has 1 heterocycles. The summed E-state index contributed by atoms with van der Waals surface area (Å²) in [6.45, 7) is 1.67. The first kappa shape index (κ1) is 9.98. The smallest absolute Gasteiger partial charge is 0.307 e. The molecule has 0 unspecified atom stereocenters. The molecule has 0 aromatic rings. The molecule has 1 aliphatic heterocycles. The lowest BCUT2D eigenvalue weighted by molar-refractivity contribution is -0.145. The van der Waals surface area contributed by atoms with Crippen molar-refractivity contribution in [3.63, 3.8) is 0 Å². The van der Waals surface area contributed by atoms with E-state index in [9.17, 15) is 9.59 Å². The fraction of sp³-hybridized carbons (Fsp3) is 0.750. The molecule has 1 fully saturated rings. The zero-order valence-electron chi connectivity index (χ0n) is 7.62. The molecule has 74 valence electrons. The zero-order chi connectivity index (χ0) is 9.68. The van der Waals surface area contributed by atoms with Crippen LogP contribution in [0.4, 0.5) is 0 Å². The van der Waals surface area contributed by atoms with Gasteiger partial charge >= 0.3 is 5.97 Å². The predicted octanol–water partition coefficient (Wildman–Crippen LogP) is -0.592. The van der Waals surface area contributed by atoms with Gasteiger partial charge in [-0.2, -0.15) is 0 Å². The fourth-order valence-corrected chi connectivity index (χ4v) is 1.12. The number of hydrogen-bond donors (Lipinski definition) is 0. The summed E-state index contributed by atoms with van der Waals surface area (Å²) >= 11 is 0. The second kappa shape index (κ2) is 4.81. The van der Waals surface area contributed by atoms with Gasteiger partial charge in [-0.3, -0.25) is 9.59 Å². The molecule has 0 aromatic heterocycles. The molecule has 1 rings (SSSR count). The molecular weight excluding hydrogens is 174 g/mol. The maximum absolute atomic E-state index is 11.1. The Balaban J connectivity index is 2.26. The Bertz CT molecular complexity index is 204. The van der Waals surface area contributed by atoms with Crippen LogP contribution in [0.2, 0.25) is 0 Å². The summed E-state index contributed by atoms with van der Waals surface area (Å²) in [6, 6.07) is 0. The Morgan fingerprint density at radius 2 is 2.46 bits per heavy atom. The molecule has 1 aliphatic rings. The van der Waals surface area contributed by atoms with Crippen LogP contribution in [0.25, 0.3) is 0 Å². The van der Waals surface area contributed by atoms with Gasteiger partial charge < -0.3 is 14.4 Å². The molecule has 0 saturated carbocycles. The van der Waals surface area contributed by atoms with E-state index in [-0.39, 0.29) is 24.9 Å². The van der Waals surface area contributed by atoms with Crippen molar-refractivity contribution in [2.45, 2.75) is 6.42 Å². The van der Waals surface area contributed by atoms with Crippen molar-refractivity contribution in [1.29, 1.82) is 0 Å². The van der Waals surface area contributed by atoms with Gasteiger partial charge in [0.2, 0.25) is 5.91 Å². The van der Waals surface area contributed by atoms with E-state index in [0.29, 0.717) is 19.7 Å². The standard InChI is InChI=1S/C8H13NO4/c1-12-8(11)2-3-9-4-5-13-6-7(9)10/h2-6H2,1H3. The first-order valence-electron chi connectivity index (χ1n) is 4.16. The van der Waals surface area contributed by atoms with Crippen molar-refractivity contribution in [1.82, 2.24) is 4.90 Å². The minimum absolute atomic E-state index is 0.0600. The first-order valence-corrected chi connectivity index (χ1v) is 4.16. The Morgan fingerprint density at radius 3 is 3.08 bits per heavy atom. The van der Waals surface area contributed by atoms with E-state index in [1.165, 1.54) is 7.11 Å². The van der Waals surface area contributed by atoms with Crippen molar-refractivity contribution in [3.05, 3.63) is 0 Å². The summed E-state index contributed by atoms with van der Waals surface area (Å²) < 4.78 is 9.41. The maximum Gasteiger partial charge on any atom is 0.307 e. The lowest BCUT2D eigenvalue weighted by Gasteiger charge is -2.26. The molecule has 0 aliphatic carbocycles. The number of morpholine rings is 1. The van der Waals surface area contributed by atoms with Crippen molar-refractivity contribution >= 4 is 11.9 Å². The summed E-state index contributed by atoms with van der Waals surface area (Å²) in [7, 11) is 1.34. The molecule has 0 bridgehead atoms. The summed E-state index contributed by atoms with van der Waals surface area (Å²) in [6.07, 6.45) is 0.252. The van der Waals surface area contributed by atoms with Crippen molar-refractivity contribution in [2.24, 2.45) is 0 Å². The Labute approximate surface area is 76.6 Å². The van der Waals surface area contributed by atoms with E-state index >= 15 is 0 Å². The van der Waals surface area contributed by atoms with Gasteiger partial charge in [-0.05, 0) is 0 Å². The van der Waals surface area contributed by atoms with Gasteiger partial charge in [0.15, 0.2) is 0 Å². The Kier molecular flexibility index (Phi) is 3.70. The van der Waals surface area contributed by atoms with Gasteiger partial charge in [-0.1, -0.05) is 0 Å². The summed E-state index contributed by atoms with van der Waals surface area (Å²) in [5.74, 6) is -0.352. The van der Waals surface area contributed by atoms with Crippen LogP contribution in [0.15, 0.2) is 0 Å².